The lowest BCUT2D eigenvalue weighted by atomic mass is 10.1. The summed E-state index contributed by atoms with van der Waals surface area (Å²) in [5.41, 5.74) is 4.86. The summed E-state index contributed by atoms with van der Waals surface area (Å²) in [5, 5.41) is 0. The largest absolute Gasteiger partial charge is 0.497 e. The van der Waals surface area contributed by atoms with Crippen LogP contribution in [0.5, 0.6) is 5.75 Å². The van der Waals surface area contributed by atoms with Crippen molar-refractivity contribution in [3.63, 3.8) is 0 Å². The number of imidazole rings is 1. The lowest BCUT2D eigenvalue weighted by Crippen LogP contribution is -1.84. The number of nitrogens with zero attached hydrogens (tertiary/aromatic N) is 1. The van der Waals surface area contributed by atoms with Crippen molar-refractivity contribution in [2.75, 3.05) is 7.11 Å². The molecule has 0 unspecified atom stereocenters. The molecule has 0 saturated carbocycles. The first-order chi connectivity index (χ1) is 13.8. The van der Waals surface area contributed by atoms with Crippen molar-refractivity contribution in [1.29, 1.82) is 0 Å². The minimum Gasteiger partial charge on any atom is -0.497 e. The molecule has 0 fully saturated rings. The number of nitrogens with one attached hydrogen (secondary N) is 1. The third kappa shape index (κ3) is 3.50. The van der Waals surface area contributed by atoms with Gasteiger partial charge in [0.15, 0.2) is 0 Å². The second-order valence-electron chi connectivity index (χ2n) is 6.55. The first kappa shape index (κ1) is 18.8. The fraction of sp³-hybridized carbons (Fsp3) is 0.0417. The first-order valence-electron chi connectivity index (χ1n) is 9.10. The highest BCUT2D eigenvalue weighted by Crippen LogP contribution is 2.38. The van der Waals surface area contributed by atoms with Crippen molar-refractivity contribution in [2.45, 2.75) is 0 Å². The van der Waals surface area contributed by atoms with Gasteiger partial charge in [0.2, 0.25) is 0 Å². The van der Waals surface area contributed by atoms with Crippen LogP contribution in [0.2, 0.25) is 0 Å². The zero-order valence-electron chi connectivity index (χ0n) is 15.8. The third-order valence-electron chi connectivity index (χ3n) is 4.79. The van der Waals surface area contributed by atoms with E-state index in [4.69, 9.17) is 14.1 Å². The lowest BCUT2D eigenvalue weighted by Gasteiger charge is -2.03. The summed E-state index contributed by atoms with van der Waals surface area (Å²) in [6.07, 6.45) is 0. The Morgan fingerprint density at radius 2 is 1.55 bits per heavy atom. The average molecular weight is 403 g/mol. The number of fused-ring (bicyclic) bond motifs is 1. The smallest absolute Gasteiger partial charge is 0.145 e. The molecule has 0 bridgehead atoms. The number of hydrogen-bond donors (Lipinski definition) is 1. The Hall–Kier alpha value is -3.50. The molecule has 144 valence electrons. The molecule has 3 aromatic carbocycles. The molecule has 0 aliphatic carbocycles. The number of rotatable bonds is 4. The molecule has 2 aromatic heterocycles. The topological polar surface area (TPSA) is 51.1 Å². The van der Waals surface area contributed by atoms with Crippen LogP contribution in [0.1, 0.15) is 0 Å². The molecule has 2 heterocycles. The summed E-state index contributed by atoms with van der Waals surface area (Å²) in [5.74, 6) is 3.18. The number of benzene rings is 3. The van der Waals surface area contributed by atoms with E-state index in [2.05, 4.69) is 4.98 Å². The number of aromatic nitrogens is 2. The van der Waals surface area contributed by atoms with E-state index in [1.807, 2.05) is 84.9 Å². The van der Waals surface area contributed by atoms with Gasteiger partial charge in [-0.3, -0.25) is 0 Å². The molecule has 0 aliphatic heterocycles. The monoisotopic (exact) mass is 402 g/mol. The van der Waals surface area contributed by atoms with Gasteiger partial charge >= 0.3 is 0 Å². The number of halogens is 1. The fourth-order valence-electron chi connectivity index (χ4n) is 3.35. The minimum absolute atomic E-state index is 0. The number of para-hydroxylation sites is 2. The standard InChI is InChI=1S/C24H18N2O2.ClH/c1-27-18-13-11-17(12-14-18)23-19(15-22(28-23)16-7-3-2-4-8-16)24-25-20-9-5-6-10-21(20)26-24;/h2-15H,1H3,(H,25,26);1H. The van der Waals surface area contributed by atoms with Gasteiger partial charge in [-0.25, -0.2) is 4.98 Å². The van der Waals surface area contributed by atoms with Gasteiger partial charge in [0.25, 0.3) is 0 Å². The van der Waals surface area contributed by atoms with E-state index in [0.717, 1.165) is 50.8 Å². The number of ether oxygens (including phenoxy) is 1. The zero-order valence-corrected chi connectivity index (χ0v) is 16.6. The third-order valence-corrected chi connectivity index (χ3v) is 4.79. The summed E-state index contributed by atoms with van der Waals surface area (Å²) >= 11 is 0. The molecule has 0 atom stereocenters. The summed E-state index contributed by atoms with van der Waals surface area (Å²) in [6.45, 7) is 0. The second kappa shape index (κ2) is 7.86. The van der Waals surface area contributed by atoms with E-state index in [0.29, 0.717) is 0 Å². The molecule has 0 saturated heterocycles. The second-order valence-corrected chi connectivity index (χ2v) is 6.55. The molecule has 0 radical (unpaired) electrons. The zero-order chi connectivity index (χ0) is 18.9. The highest BCUT2D eigenvalue weighted by Gasteiger charge is 2.19. The number of methoxy groups -OCH3 is 1. The van der Waals surface area contributed by atoms with Crippen molar-refractivity contribution in [2.24, 2.45) is 0 Å². The Bertz CT molecular complexity index is 1210. The molecule has 0 aliphatic rings. The van der Waals surface area contributed by atoms with Crippen molar-refractivity contribution in [1.82, 2.24) is 9.97 Å². The van der Waals surface area contributed by atoms with Gasteiger partial charge in [-0.15, -0.1) is 12.4 Å². The molecular formula is C24H19ClN2O2. The summed E-state index contributed by atoms with van der Waals surface area (Å²) in [6, 6.07) is 28.0. The Kier molecular flexibility index (Phi) is 5.10. The number of hydrogen-bond acceptors (Lipinski definition) is 3. The number of aromatic amines is 1. The average Bonchev–Trinajstić information content (AvgIpc) is 3.39. The van der Waals surface area contributed by atoms with E-state index in [1.54, 1.807) is 7.11 Å². The molecular weight excluding hydrogens is 384 g/mol. The van der Waals surface area contributed by atoms with Crippen molar-refractivity contribution in [3.8, 4) is 39.8 Å². The molecule has 5 aromatic rings. The predicted octanol–water partition coefficient (Wildman–Crippen LogP) is 6.59. The Morgan fingerprint density at radius 3 is 2.28 bits per heavy atom. The molecule has 5 rings (SSSR count). The van der Waals surface area contributed by atoms with Crippen molar-refractivity contribution < 1.29 is 9.15 Å². The van der Waals surface area contributed by atoms with E-state index in [9.17, 15) is 0 Å². The molecule has 4 nitrogen and oxygen atoms in total. The quantitative estimate of drug-likeness (QED) is 0.369. The van der Waals surface area contributed by atoms with Crippen LogP contribution in [0.15, 0.2) is 89.3 Å². The molecule has 1 N–H and O–H groups in total. The summed E-state index contributed by atoms with van der Waals surface area (Å²) in [7, 11) is 1.66. The van der Waals surface area contributed by atoms with E-state index in [-0.39, 0.29) is 12.4 Å². The van der Waals surface area contributed by atoms with Gasteiger partial charge in [-0.2, -0.15) is 0 Å². The Balaban J connectivity index is 0.00000205. The predicted molar refractivity (Wildman–Crippen MR) is 118 cm³/mol. The van der Waals surface area contributed by atoms with Gasteiger partial charge in [-0.1, -0.05) is 42.5 Å². The SMILES string of the molecule is COc1ccc(-c2oc(-c3ccccc3)cc2-c2nc3ccccc3[nH]2)cc1.Cl. The Labute approximate surface area is 174 Å². The van der Waals surface area contributed by atoms with Crippen molar-refractivity contribution >= 4 is 23.4 Å². The van der Waals surface area contributed by atoms with Gasteiger partial charge < -0.3 is 14.1 Å². The van der Waals surface area contributed by atoms with Gasteiger partial charge in [-0.05, 0) is 42.5 Å². The highest BCUT2D eigenvalue weighted by atomic mass is 35.5. The number of furan rings is 1. The maximum absolute atomic E-state index is 6.31. The van der Waals surface area contributed by atoms with Crippen LogP contribution in [0.3, 0.4) is 0 Å². The lowest BCUT2D eigenvalue weighted by molar-refractivity contribution is 0.415. The van der Waals surface area contributed by atoms with Gasteiger partial charge in [0, 0.05) is 11.1 Å². The highest BCUT2D eigenvalue weighted by molar-refractivity contribution is 5.86. The van der Waals surface area contributed by atoms with E-state index in [1.165, 1.54) is 0 Å². The van der Waals surface area contributed by atoms with E-state index >= 15 is 0 Å². The number of H-pyrrole nitrogens is 1. The summed E-state index contributed by atoms with van der Waals surface area (Å²) in [4.78, 5) is 8.18. The molecule has 5 heteroatoms. The van der Waals surface area contributed by atoms with Gasteiger partial charge in [0.05, 0.1) is 23.7 Å². The molecule has 0 amide bonds. The maximum Gasteiger partial charge on any atom is 0.145 e. The van der Waals surface area contributed by atoms with E-state index < -0.39 is 0 Å². The van der Waals surface area contributed by atoms with Crippen molar-refractivity contribution in [3.05, 3.63) is 84.9 Å². The van der Waals surface area contributed by atoms with Crippen LogP contribution in [-0.2, 0) is 0 Å². The minimum atomic E-state index is 0. The Morgan fingerprint density at radius 1 is 0.828 bits per heavy atom. The molecule has 29 heavy (non-hydrogen) atoms. The van der Waals surface area contributed by atoms with Crippen LogP contribution in [0, 0.1) is 0 Å². The molecule has 0 spiro atoms. The maximum atomic E-state index is 6.31. The fourth-order valence-corrected chi connectivity index (χ4v) is 3.35. The first-order valence-corrected chi connectivity index (χ1v) is 9.10. The van der Waals surface area contributed by atoms with Gasteiger partial charge in [0.1, 0.15) is 23.1 Å². The normalized spacial score (nSPS) is 10.7. The van der Waals surface area contributed by atoms with Crippen LogP contribution in [-0.4, -0.2) is 17.1 Å². The summed E-state index contributed by atoms with van der Waals surface area (Å²) < 4.78 is 11.6. The van der Waals surface area contributed by atoms with Crippen LogP contribution in [0.25, 0.3) is 45.1 Å². The van der Waals surface area contributed by atoms with Crippen LogP contribution >= 0.6 is 12.4 Å². The van der Waals surface area contributed by atoms with Crippen LogP contribution in [0.4, 0.5) is 0 Å². The van der Waals surface area contributed by atoms with Crippen LogP contribution < -0.4 is 4.74 Å².